The third-order valence-corrected chi connectivity index (χ3v) is 6.85. The second-order valence-corrected chi connectivity index (χ2v) is 7.80. The highest BCUT2D eigenvalue weighted by atomic mass is 16.3. The number of Topliss-reactive ketones (excluding diaryl/α,β-unsaturated/α-hetero) is 2. The van der Waals surface area contributed by atoms with Crippen molar-refractivity contribution in [2.24, 2.45) is 23.2 Å². The Balaban J connectivity index is 1.93. The van der Waals surface area contributed by atoms with E-state index >= 15 is 0 Å². The number of carbonyl (C=O) groups excluding carboxylic acids is 2. The monoisotopic (exact) mass is 310 g/mol. The Kier molecular flexibility index (Phi) is 2.85. The van der Waals surface area contributed by atoms with E-state index in [-0.39, 0.29) is 23.4 Å². The molecule has 4 aliphatic carbocycles. The molecule has 1 N–H and O–H groups in total. The molecule has 120 valence electrons. The number of hydrogen-bond acceptors (Lipinski definition) is 3. The number of benzene rings is 1. The summed E-state index contributed by atoms with van der Waals surface area (Å²) in [4.78, 5) is 25.7. The van der Waals surface area contributed by atoms with Gasteiger partial charge in [0.25, 0.3) is 0 Å². The first-order chi connectivity index (χ1) is 10.8. The van der Waals surface area contributed by atoms with Crippen LogP contribution in [0.1, 0.15) is 38.2 Å². The van der Waals surface area contributed by atoms with Gasteiger partial charge in [0.15, 0.2) is 0 Å². The maximum absolute atomic E-state index is 12.9. The lowest BCUT2D eigenvalue weighted by Crippen LogP contribution is -2.72. The lowest BCUT2D eigenvalue weighted by molar-refractivity contribution is -0.206. The SMILES string of the molecule is C=C(C)[C@@]12C[C@H]3C(=O)[C@@H](C1)C(c1ccccc1)[C@H](C3=O)[C@@]2(C)O. The molecular formula is C20H22O3. The summed E-state index contributed by atoms with van der Waals surface area (Å²) in [6.07, 6.45) is 1.04. The molecule has 4 saturated carbocycles. The van der Waals surface area contributed by atoms with Crippen LogP contribution in [0.3, 0.4) is 0 Å². The van der Waals surface area contributed by atoms with Gasteiger partial charge in [-0.3, -0.25) is 9.59 Å². The maximum Gasteiger partial charge on any atom is 0.149 e. The van der Waals surface area contributed by atoms with Crippen molar-refractivity contribution >= 4 is 11.6 Å². The molecule has 4 aliphatic rings. The van der Waals surface area contributed by atoms with E-state index in [1.807, 2.05) is 37.3 Å². The molecule has 1 aromatic carbocycles. The molecule has 0 radical (unpaired) electrons. The van der Waals surface area contributed by atoms with Gasteiger partial charge in [-0.15, -0.1) is 0 Å². The summed E-state index contributed by atoms with van der Waals surface area (Å²) < 4.78 is 0. The van der Waals surface area contributed by atoms with E-state index in [0.29, 0.717) is 12.8 Å². The Hall–Kier alpha value is -1.74. The van der Waals surface area contributed by atoms with Crippen molar-refractivity contribution in [3.63, 3.8) is 0 Å². The van der Waals surface area contributed by atoms with Gasteiger partial charge in [-0.05, 0) is 32.3 Å². The van der Waals surface area contributed by atoms with Crippen molar-refractivity contribution in [2.45, 2.75) is 38.2 Å². The van der Waals surface area contributed by atoms with Gasteiger partial charge in [0.2, 0.25) is 0 Å². The van der Waals surface area contributed by atoms with E-state index in [0.717, 1.165) is 11.1 Å². The van der Waals surface area contributed by atoms with Gasteiger partial charge >= 0.3 is 0 Å². The molecule has 4 fully saturated rings. The highest BCUT2D eigenvalue weighted by molar-refractivity contribution is 6.10. The lowest BCUT2D eigenvalue weighted by Gasteiger charge is -2.65. The van der Waals surface area contributed by atoms with E-state index in [1.54, 1.807) is 6.92 Å². The third-order valence-electron chi connectivity index (χ3n) is 6.85. The molecule has 0 spiro atoms. The topological polar surface area (TPSA) is 54.4 Å². The minimum absolute atomic E-state index is 0.0679. The van der Waals surface area contributed by atoms with Crippen LogP contribution in [0.5, 0.6) is 0 Å². The van der Waals surface area contributed by atoms with Crippen LogP contribution in [-0.4, -0.2) is 22.3 Å². The molecule has 0 saturated heterocycles. The van der Waals surface area contributed by atoms with Crippen molar-refractivity contribution in [3.05, 3.63) is 48.0 Å². The number of rotatable bonds is 2. The van der Waals surface area contributed by atoms with Crippen LogP contribution in [0.25, 0.3) is 0 Å². The van der Waals surface area contributed by atoms with E-state index in [9.17, 15) is 14.7 Å². The molecule has 0 aromatic heterocycles. The minimum Gasteiger partial charge on any atom is -0.388 e. The zero-order valence-electron chi connectivity index (χ0n) is 13.6. The quantitative estimate of drug-likeness (QED) is 0.675. The number of aliphatic hydroxyl groups is 1. The van der Waals surface area contributed by atoms with Gasteiger partial charge < -0.3 is 5.11 Å². The van der Waals surface area contributed by atoms with E-state index in [1.165, 1.54) is 0 Å². The Morgan fingerprint density at radius 2 is 1.83 bits per heavy atom. The highest BCUT2D eigenvalue weighted by Gasteiger charge is 2.72. The highest BCUT2D eigenvalue weighted by Crippen LogP contribution is 2.68. The summed E-state index contributed by atoms with van der Waals surface area (Å²) in [5.74, 6) is -1.45. The van der Waals surface area contributed by atoms with Gasteiger partial charge in [-0.1, -0.05) is 42.5 Å². The molecule has 4 bridgehead atoms. The number of hydrogen-bond donors (Lipinski definition) is 1. The summed E-state index contributed by atoms with van der Waals surface area (Å²) in [6, 6.07) is 9.72. The summed E-state index contributed by atoms with van der Waals surface area (Å²) >= 11 is 0. The van der Waals surface area contributed by atoms with Crippen molar-refractivity contribution in [1.82, 2.24) is 0 Å². The number of ketones is 2. The normalized spacial score (nSPS) is 44.7. The molecule has 0 amide bonds. The number of carbonyl (C=O) groups is 2. The van der Waals surface area contributed by atoms with E-state index < -0.39 is 22.9 Å². The molecule has 0 heterocycles. The molecule has 0 aliphatic heterocycles. The molecule has 6 atom stereocenters. The van der Waals surface area contributed by atoms with Crippen LogP contribution in [0.4, 0.5) is 0 Å². The summed E-state index contributed by atoms with van der Waals surface area (Å²) in [7, 11) is 0. The second-order valence-electron chi connectivity index (χ2n) is 7.80. The Morgan fingerprint density at radius 1 is 1.17 bits per heavy atom. The smallest absolute Gasteiger partial charge is 0.149 e. The predicted octanol–water partition coefficient (Wildman–Crippen LogP) is 2.89. The molecule has 3 nitrogen and oxygen atoms in total. The van der Waals surface area contributed by atoms with Crippen molar-refractivity contribution in [2.75, 3.05) is 0 Å². The van der Waals surface area contributed by atoms with Gasteiger partial charge in [0.05, 0.1) is 17.4 Å². The third kappa shape index (κ3) is 1.59. The fourth-order valence-corrected chi connectivity index (χ4v) is 5.66. The van der Waals surface area contributed by atoms with Crippen LogP contribution in [0.2, 0.25) is 0 Å². The van der Waals surface area contributed by atoms with Crippen LogP contribution < -0.4 is 0 Å². The zero-order chi connectivity index (χ0) is 16.6. The average molecular weight is 310 g/mol. The van der Waals surface area contributed by atoms with E-state index in [2.05, 4.69) is 6.58 Å². The first-order valence-electron chi connectivity index (χ1n) is 8.32. The van der Waals surface area contributed by atoms with Gasteiger partial charge in [0, 0.05) is 17.3 Å². The fraction of sp³-hybridized carbons (Fsp3) is 0.500. The maximum atomic E-state index is 12.9. The molecular weight excluding hydrogens is 288 g/mol. The van der Waals surface area contributed by atoms with Crippen LogP contribution in [0.15, 0.2) is 42.5 Å². The Morgan fingerprint density at radius 3 is 2.43 bits per heavy atom. The summed E-state index contributed by atoms with van der Waals surface area (Å²) in [6.45, 7) is 7.81. The second kappa shape index (κ2) is 4.41. The first-order valence-corrected chi connectivity index (χ1v) is 8.32. The minimum atomic E-state index is -1.15. The predicted molar refractivity (Wildman–Crippen MR) is 86.8 cm³/mol. The Labute approximate surface area is 136 Å². The molecule has 5 rings (SSSR count). The van der Waals surface area contributed by atoms with Crippen LogP contribution in [-0.2, 0) is 9.59 Å². The molecule has 23 heavy (non-hydrogen) atoms. The van der Waals surface area contributed by atoms with Crippen LogP contribution in [0, 0.1) is 23.2 Å². The van der Waals surface area contributed by atoms with Gasteiger partial charge in [-0.25, -0.2) is 0 Å². The average Bonchev–Trinajstić information content (AvgIpc) is 2.50. The molecule has 1 aromatic rings. The summed E-state index contributed by atoms with van der Waals surface area (Å²) in [5.41, 5.74) is 0.221. The van der Waals surface area contributed by atoms with Gasteiger partial charge in [-0.2, -0.15) is 0 Å². The lowest BCUT2D eigenvalue weighted by atomic mass is 9.38. The largest absolute Gasteiger partial charge is 0.388 e. The summed E-state index contributed by atoms with van der Waals surface area (Å²) in [5, 5.41) is 11.4. The fourth-order valence-electron chi connectivity index (χ4n) is 5.66. The van der Waals surface area contributed by atoms with Crippen molar-refractivity contribution in [1.29, 1.82) is 0 Å². The van der Waals surface area contributed by atoms with Gasteiger partial charge in [0.1, 0.15) is 11.6 Å². The van der Waals surface area contributed by atoms with Crippen molar-refractivity contribution < 1.29 is 14.7 Å². The van der Waals surface area contributed by atoms with Crippen LogP contribution >= 0.6 is 0 Å². The zero-order valence-corrected chi connectivity index (χ0v) is 13.6. The van der Waals surface area contributed by atoms with E-state index in [4.69, 9.17) is 0 Å². The standard InChI is InChI=1S/C20H22O3/c1-11(2)20-9-13-15(12-7-5-4-6-8-12)16(19(20,3)23)18(22)14(10-20)17(13)21/h4-8,13-16,23H,1,9-10H2,2-3H3/t13-,14-,15?,16+,19+,20-/m0/s1. The molecule has 1 unspecified atom stereocenters. The van der Waals surface area contributed by atoms with Crippen molar-refractivity contribution in [3.8, 4) is 0 Å². The Bertz CT molecular complexity index is 718. The molecule has 3 heteroatoms. The first kappa shape index (κ1) is 14.8.